The molecule has 0 spiro atoms. The summed E-state index contributed by atoms with van der Waals surface area (Å²) in [6.45, 7) is 4.25. The Labute approximate surface area is 116 Å². The van der Waals surface area contributed by atoms with E-state index >= 15 is 0 Å². The molecule has 0 heterocycles. The molecule has 106 valence electrons. The van der Waals surface area contributed by atoms with Gasteiger partial charge in [-0.2, -0.15) is 0 Å². The lowest BCUT2D eigenvalue weighted by Gasteiger charge is -2.32. The Kier molecular flexibility index (Phi) is 4.98. The van der Waals surface area contributed by atoms with Gasteiger partial charge in [0.1, 0.15) is 5.82 Å². The second kappa shape index (κ2) is 6.51. The lowest BCUT2D eigenvalue weighted by atomic mass is 9.75. The van der Waals surface area contributed by atoms with Crippen LogP contribution in [0.5, 0.6) is 0 Å². The van der Waals surface area contributed by atoms with Gasteiger partial charge in [-0.1, -0.05) is 32.3 Å². The largest absolute Gasteiger partial charge is 0.327 e. The normalized spacial score (nSPS) is 25.3. The Morgan fingerprint density at radius 2 is 2.16 bits per heavy atom. The molecule has 2 N–H and O–H groups in total. The molecule has 1 aromatic rings. The zero-order chi connectivity index (χ0) is 13.8. The summed E-state index contributed by atoms with van der Waals surface area (Å²) >= 11 is 0. The molecular weight excluding hydrogens is 237 g/mol. The van der Waals surface area contributed by atoms with Crippen molar-refractivity contribution in [1.82, 2.24) is 0 Å². The van der Waals surface area contributed by atoms with Gasteiger partial charge in [0.25, 0.3) is 0 Å². The van der Waals surface area contributed by atoms with E-state index in [0.29, 0.717) is 5.92 Å². The highest BCUT2D eigenvalue weighted by Gasteiger charge is 2.25. The van der Waals surface area contributed by atoms with Crippen molar-refractivity contribution in [2.45, 2.75) is 58.4 Å². The van der Waals surface area contributed by atoms with Crippen LogP contribution >= 0.6 is 0 Å². The van der Waals surface area contributed by atoms with Gasteiger partial charge in [-0.25, -0.2) is 4.39 Å². The maximum atomic E-state index is 13.1. The van der Waals surface area contributed by atoms with E-state index in [-0.39, 0.29) is 11.9 Å². The molecule has 1 saturated carbocycles. The average Bonchev–Trinajstić information content (AvgIpc) is 2.42. The van der Waals surface area contributed by atoms with Crippen LogP contribution in [0.2, 0.25) is 0 Å². The Morgan fingerprint density at radius 1 is 1.37 bits per heavy atom. The second-order valence-corrected chi connectivity index (χ2v) is 6.14. The summed E-state index contributed by atoms with van der Waals surface area (Å²) in [7, 11) is 0. The SMILES string of the molecule is CCC1CCCC(C(N)Cc2ccc(F)cc2C)C1. The van der Waals surface area contributed by atoms with Crippen LogP contribution in [0.15, 0.2) is 18.2 Å². The van der Waals surface area contributed by atoms with Crippen molar-refractivity contribution in [1.29, 1.82) is 0 Å². The average molecular weight is 263 g/mol. The van der Waals surface area contributed by atoms with Crippen LogP contribution < -0.4 is 5.73 Å². The summed E-state index contributed by atoms with van der Waals surface area (Å²) in [6, 6.07) is 5.27. The van der Waals surface area contributed by atoms with Crippen molar-refractivity contribution in [2.75, 3.05) is 0 Å². The number of nitrogens with two attached hydrogens (primary N) is 1. The molecule has 19 heavy (non-hydrogen) atoms. The van der Waals surface area contributed by atoms with E-state index in [1.165, 1.54) is 37.7 Å². The molecule has 3 unspecified atom stereocenters. The van der Waals surface area contributed by atoms with Crippen LogP contribution in [0, 0.1) is 24.6 Å². The van der Waals surface area contributed by atoms with E-state index in [1.807, 2.05) is 13.0 Å². The molecule has 1 aliphatic carbocycles. The molecule has 2 rings (SSSR count). The fourth-order valence-electron chi connectivity index (χ4n) is 3.40. The molecule has 0 aliphatic heterocycles. The Balaban J connectivity index is 1.98. The highest BCUT2D eigenvalue weighted by atomic mass is 19.1. The number of halogens is 1. The molecule has 0 radical (unpaired) electrons. The zero-order valence-electron chi connectivity index (χ0n) is 12.2. The Bertz CT molecular complexity index is 416. The molecule has 1 aromatic carbocycles. The number of benzene rings is 1. The third kappa shape index (κ3) is 3.79. The van der Waals surface area contributed by atoms with Crippen LogP contribution in [-0.4, -0.2) is 6.04 Å². The predicted molar refractivity (Wildman–Crippen MR) is 78.6 cm³/mol. The van der Waals surface area contributed by atoms with Crippen LogP contribution in [0.3, 0.4) is 0 Å². The maximum Gasteiger partial charge on any atom is 0.123 e. The van der Waals surface area contributed by atoms with Gasteiger partial charge in [0, 0.05) is 6.04 Å². The topological polar surface area (TPSA) is 26.0 Å². The summed E-state index contributed by atoms with van der Waals surface area (Å²) in [6.07, 6.45) is 7.39. The van der Waals surface area contributed by atoms with Gasteiger partial charge in [0.05, 0.1) is 0 Å². The third-order valence-electron chi connectivity index (χ3n) is 4.77. The van der Waals surface area contributed by atoms with Crippen LogP contribution in [0.25, 0.3) is 0 Å². The van der Waals surface area contributed by atoms with Gasteiger partial charge >= 0.3 is 0 Å². The van der Waals surface area contributed by atoms with E-state index in [0.717, 1.165) is 17.9 Å². The minimum Gasteiger partial charge on any atom is -0.327 e. The van der Waals surface area contributed by atoms with Gasteiger partial charge in [-0.05, 0) is 61.3 Å². The van der Waals surface area contributed by atoms with E-state index in [2.05, 4.69) is 6.92 Å². The van der Waals surface area contributed by atoms with Crippen LogP contribution in [0.4, 0.5) is 4.39 Å². The number of rotatable bonds is 4. The van der Waals surface area contributed by atoms with Crippen molar-refractivity contribution < 1.29 is 4.39 Å². The van der Waals surface area contributed by atoms with Gasteiger partial charge in [0.2, 0.25) is 0 Å². The fraction of sp³-hybridized carbons (Fsp3) is 0.647. The molecule has 0 bridgehead atoms. The zero-order valence-corrected chi connectivity index (χ0v) is 12.2. The molecule has 1 fully saturated rings. The van der Waals surface area contributed by atoms with E-state index in [1.54, 1.807) is 12.1 Å². The van der Waals surface area contributed by atoms with Crippen molar-refractivity contribution in [3.8, 4) is 0 Å². The first-order valence-electron chi connectivity index (χ1n) is 7.60. The van der Waals surface area contributed by atoms with Crippen molar-refractivity contribution in [3.63, 3.8) is 0 Å². The minimum absolute atomic E-state index is 0.154. The number of hydrogen-bond acceptors (Lipinski definition) is 1. The standard InChI is InChI=1S/C17H26FN/c1-3-13-5-4-6-15(10-13)17(19)11-14-7-8-16(18)9-12(14)2/h7-9,13,15,17H,3-6,10-11,19H2,1-2H3. The number of hydrogen-bond donors (Lipinski definition) is 1. The highest BCUT2D eigenvalue weighted by molar-refractivity contribution is 5.27. The van der Waals surface area contributed by atoms with Gasteiger partial charge in [0.15, 0.2) is 0 Å². The molecule has 0 amide bonds. The molecule has 3 atom stereocenters. The first-order chi connectivity index (χ1) is 9.10. The number of aryl methyl sites for hydroxylation is 1. The van der Waals surface area contributed by atoms with Crippen LogP contribution in [0.1, 0.15) is 50.2 Å². The van der Waals surface area contributed by atoms with E-state index in [4.69, 9.17) is 5.73 Å². The molecule has 0 aromatic heterocycles. The molecular formula is C17H26FN. The van der Waals surface area contributed by atoms with Gasteiger partial charge in [-0.15, -0.1) is 0 Å². The fourth-order valence-corrected chi connectivity index (χ4v) is 3.40. The third-order valence-corrected chi connectivity index (χ3v) is 4.77. The van der Waals surface area contributed by atoms with Crippen molar-refractivity contribution >= 4 is 0 Å². The Hall–Kier alpha value is -0.890. The monoisotopic (exact) mass is 263 g/mol. The molecule has 2 heteroatoms. The molecule has 0 saturated heterocycles. The first-order valence-corrected chi connectivity index (χ1v) is 7.60. The second-order valence-electron chi connectivity index (χ2n) is 6.14. The lowest BCUT2D eigenvalue weighted by molar-refractivity contribution is 0.228. The summed E-state index contributed by atoms with van der Waals surface area (Å²) in [4.78, 5) is 0. The maximum absolute atomic E-state index is 13.1. The smallest absolute Gasteiger partial charge is 0.123 e. The molecule has 1 nitrogen and oxygen atoms in total. The lowest BCUT2D eigenvalue weighted by Crippen LogP contribution is -2.35. The summed E-state index contributed by atoms with van der Waals surface area (Å²) in [5.41, 5.74) is 8.64. The van der Waals surface area contributed by atoms with E-state index < -0.39 is 0 Å². The Morgan fingerprint density at radius 3 is 2.84 bits per heavy atom. The minimum atomic E-state index is -0.154. The van der Waals surface area contributed by atoms with Crippen molar-refractivity contribution in [2.24, 2.45) is 17.6 Å². The van der Waals surface area contributed by atoms with Gasteiger partial charge in [-0.3, -0.25) is 0 Å². The van der Waals surface area contributed by atoms with Crippen molar-refractivity contribution in [3.05, 3.63) is 35.1 Å². The summed E-state index contributed by atoms with van der Waals surface area (Å²) in [5, 5.41) is 0. The van der Waals surface area contributed by atoms with E-state index in [9.17, 15) is 4.39 Å². The quantitative estimate of drug-likeness (QED) is 0.864. The predicted octanol–water partition coefficient (Wildman–Crippen LogP) is 4.22. The molecule has 1 aliphatic rings. The summed E-state index contributed by atoms with van der Waals surface area (Å²) < 4.78 is 13.1. The van der Waals surface area contributed by atoms with Gasteiger partial charge < -0.3 is 5.73 Å². The first kappa shape index (κ1) is 14.5. The highest BCUT2D eigenvalue weighted by Crippen LogP contribution is 2.33. The summed E-state index contributed by atoms with van der Waals surface area (Å²) in [5.74, 6) is 1.35. The van der Waals surface area contributed by atoms with Crippen LogP contribution in [-0.2, 0) is 6.42 Å².